The number of allylic oxidation sites excluding steroid dienone is 10. The number of nitrogens with zero attached hydrogens (tertiary/aromatic N) is 1. The van der Waals surface area contributed by atoms with E-state index in [1.165, 1.54) is 89.9 Å². The van der Waals surface area contributed by atoms with Crippen LogP contribution in [0.15, 0.2) is 60.8 Å². The van der Waals surface area contributed by atoms with E-state index in [0.29, 0.717) is 12.8 Å². The number of carbonyl (C=O) groups is 3. The molecule has 0 radical (unpaired) electrons. The van der Waals surface area contributed by atoms with Gasteiger partial charge in [0, 0.05) is 19.3 Å². The fourth-order valence-corrected chi connectivity index (χ4v) is 6.94. The Kier molecular flexibility index (Phi) is 40.6. The van der Waals surface area contributed by atoms with Crippen molar-refractivity contribution >= 4 is 17.9 Å². The van der Waals surface area contributed by atoms with Crippen molar-refractivity contribution in [1.82, 2.24) is 0 Å². The number of quaternary nitrogens is 1. The van der Waals surface area contributed by atoms with E-state index in [0.717, 1.165) is 77.0 Å². The average Bonchev–Trinajstić information content (AvgIpc) is 3.21. The summed E-state index contributed by atoms with van der Waals surface area (Å²) in [5.41, 5.74) is 0. The Bertz CT molecular complexity index is 1170. The standard InChI is InChI=1S/C52H91NO7/c1-6-8-10-12-14-16-18-20-22-24-25-27-29-31-33-35-37-39-41-43-51(55)60-48(46-58-45-44-49(52(56)57)53(3,4)5)47-59-50(54)42-40-38-36-34-32-30-28-26-23-21-19-17-15-13-11-9-7-2/h8,10,14,16,20,22,25,27,31,33,48-49H,6-7,9,11-13,15,17-19,21,23-24,26,28-30,32,34-47H2,1-5H3/p+1/b10-8-,16-14-,22-20-,27-25-,33-31-. The number of unbranched alkanes of at least 4 members (excludes halogenated alkanes) is 19. The van der Waals surface area contributed by atoms with Crippen molar-refractivity contribution in [3.05, 3.63) is 60.8 Å². The lowest BCUT2D eigenvalue weighted by atomic mass is 10.0. The number of esters is 2. The molecule has 8 heteroatoms. The molecule has 0 saturated heterocycles. The molecule has 0 aliphatic rings. The summed E-state index contributed by atoms with van der Waals surface area (Å²) in [6, 6.07) is -0.622. The molecule has 2 atom stereocenters. The van der Waals surface area contributed by atoms with Crippen molar-refractivity contribution in [2.45, 2.75) is 212 Å². The minimum absolute atomic E-state index is 0.0473. The van der Waals surface area contributed by atoms with Gasteiger partial charge in [-0.05, 0) is 57.8 Å². The van der Waals surface area contributed by atoms with Gasteiger partial charge in [-0.15, -0.1) is 0 Å². The largest absolute Gasteiger partial charge is 0.477 e. The first-order chi connectivity index (χ1) is 29.1. The van der Waals surface area contributed by atoms with E-state index in [1.807, 2.05) is 21.1 Å². The number of carbonyl (C=O) groups excluding carboxylic acids is 2. The van der Waals surface area contributed by atoms with Crippen molar-refractivity contribution in [3.63, 3.8) is 0 Å². The maximum absolute atomic E-state index is 12.8. The molecular formula is C52H92NO7+. The van der Waals surface area contributed by atoms with Crippen LogP contribution in [-0.2, 0) is 28.6 Å². The second-order valence-corrected chi connectivity index (χ2v) is 17.3. The van der Waals surface area contributed by atoms with E-state index in [2.05, 4.69) is 74.6 Å². The quantitative estimate of drug-likeness (QED) is 0.0282. The molecule has 0 amide bonds. The monoisotopic (exact) mass is 843 g/mol. The molecule has 60 heavy (non-hydrogen) atoms. The summed E-state index contributed by atoms with van der Waals surface area (Å²) in [5, 5.41) is 9.64. The Hall–Kier alpha value is -2.97. The van der Waals surface area contributed by atoms with Gasteiger partial charge >= 0.3 is 17.9 Å². The summed E-state index contributed by atoms with van der Waals surface area (Å²) in [6.45, 7) is 4.60. The van der Waals surface area contributed by atoms with Crippen LogP contribution >= 0.6 is 0 Å². The van der Waals surface area contributed by atoms with E-state index >= 15 is 0 Å². The molecule has 0 saturated carbocycles. The SMILES string of the molecule is CC/C=C\C/C=C\C/C=C\C/C=C\C/C=C\CCCCCC(=O)OC(COCCC(C(=O)O)[N+](C)(C)C)COC(=O)CCCCCCCCCCCCCCCCCCC. The predicted molar refractivity (Wildman–Crippen MR) is 252 cm³/mol. The first-order valence-electron chi connectivity index (χ1n) is 24.3. The third-order valence-corrected chi connectivity index (χ3v) is 10.7. The number of hydrogen-bond acceptors (Lipinski definition) is 6. The Balaban J connectivity index is 4.35. The molecule has 0 aromatic rings. The Morgan fingerprint density at radius 1 is 0.517 bits per heavy atom. The topological polar surface area (TPSA) is 99.1 Å². The van der Waals surface area contributed by atoms with Crippen molar-refractivity contribution in [2.75, 3.05) is 41.0 Å². The Morgan fingerprint density at radius 2 is 0.933 bits per heavy atom. The van der Waals surface area contributed by atoms with Gasteiger partial charge in [-0.3, -0.25) is 9.59 Å². The van der Waals surface area contributed by atoms with Crippen molar-refractivity contribution < 1.29 is 38.2 Å². The van der Waals surface area contributed by atoms with E-state index in [-0.39, 0.29) is 42.7 Å². The minimum Gasteiger partial charge on any atom is -0.477 e. The number of ether oxygens (including phenoxy) is 3. The normalized spacial score (nSPS) is 13.4. The zero-order valence-electron chi connectivity index (χ0n) is 39.4. The molecule has 0 aromatic heterocycles. The van der Waals surface area contributed by atoms with Gasteiger partial charge in [-0.2, -0.15) is 0 Å². The lowest BCUT2D eigenvalue weighted by Crippen LogP contribution is -2.50. The number of rotatable bonds is 43. The predicted octanol–water partition coefficient (Wildman–Crippen LogP) is 13.8. The highest BCUT2D eigenvalue weighted by atomic mass is 16.6. The van der Waals surface area contributed by atoms with Gasteiger partial charge < -0.3 is 23.8 Å². The number of carboxylic acids is 1. The van der Waals surface area contributed by atoms with Crippen LogP contribution in [0.1, 0.15) is 200 Å². The average molecular weight is 843 g/mol. The molecular weight excluding hydrogens is 751 g/mol. The summed E-state index contributed by atoms with van der Waals surface area (Å²) in [5.74, 6) is -1.51. The highest BCUT2D eigenvalue weighted by Crippen LogP contribution is 2.15. The van der Waals surface area contributed by atoms with Gasteiger partial charge in [0.15, 0.2) is 12.1 Å². The lowest BCUT2D eigenvalue weighted by molar-refractivity contribution is -0.887. The van der Waals surface area contributed by atoms with Crippen LogP contribution in [0.5, 0.6) is 0 Å². The second kappa shape index (κ2) is 42.7. The van der Waals surface area contributed by atoms with Crippen molar-refractivity contribution in [1.29, 1.82) is 0 Å². The molecule has 8 nitrogen and oxygen atoms in total. The minimum atomic E-state index is -0.881. The summed E-state index contributed by atoms with van der Waals surface area (Å²) in [7, 11) is 5.52. The van der Waals surface area contributed by atoms with Crippen LogP contribution in [-0.4, -0.2) is 80.6 Å². The van der Waals surface area contributed by atoms with Gasteiger partial charge in [-0.1, -0.05) is 184 Å². The number of carboxylic acid groups (broad SMARTS) is 1. The molecule has 0 aliphatic heterocycles. The summed E-state index contributed by atoms with van der Waals surface area (Å²) in [4.78, 5) is 37.1. The maximum Gasteiger partial charge on any atom is 0.362 e. The lowest BCUT2D eigenvalue weighted by Gasteiger charge is -2.31. The van der Waals surface area contributed by atoms with Gasteiger partial charge in [0.1, 0.15) is 6.61 Å². The van der Waals surface area contributed by atoms with Crippen LogP contribution in [0.2, 0.25) is 0 Å². The number of aliphatic carboxylic acids is 1. The molecule has 0 heterocycles. The first kappa shape index (κ1) is 57.0. The van der Waals surface area contributed by atoms with Gasteiger partial charge in [0.05, 0.1) is 34.4 Å². The van der Waals surface area contributed by atoms with E-state index < -0.39 is 18.1 Å². The molecule has 0 aliphatic carbocycles. The number of hydrogen-bond donors (Lipinski definition) is 1. The van der Waals surface area contributed by atoms with Gasteiger partial charge in [0.25, 0.3) is 0 Å². The van der Waals surface area contributed by atoms with Gasteiger partial charge in [-0.25, -0.2) is 4.79 Å². The first-order valence-corrected chi connectivity index (χ1v) is 24.3. The zero-order valence-corrected chi connectivity index (χ0v) is 39.4. The van der Waals surface area contributed by atoms with Crippen LogP contribution in [0.3, 0.4) is 0 Å². The third-order valence-electron chi connectivity index (χ3n) is 10.7. The van der Waals surface area contributed by atoms with E-state index in [4.69, 9.17) is 14.2 Å². The van der Waals surface area contributed by atoms with Crippen LogP contribution in [0.4, 0.5) is 0 Å². The third kappa shape index (κ3) is 40.4. The zero-order chi connectivity index (χ0) is 44.2. The van der Waals surface area contributed by atoms with Crippen LogP contribution in [0.25, 0.3) is 0 Å². The van der Waals surface area contributed by atoms with Crippen molar-refractivity contribution in [3.8, 4) is 0 Å². The highest BCUT2D eigenvalue weighted by Gasteiger charge is 2.31. The van der Waals surface area contributed by atoms with Crippen molar-refractivity contribution in [2.24, 2.45) is 0 Å². The molecule has 0 fully saturated rings. The summed E-state index contributed by atoms with van der Waals surface area (Å²) < 4.78 is 17.3. The molecule has 346 valence electrons. The molecule has 0 bridgehead atoms. The van der Waals surface area contributed by atoms with E-state index in [9.17, 15) is 19.5 Å². The highest BCUT2D eigenvalue weighted by molar-refractivity contribution is 5.72. The molecule has 0 aromatic carbocycles. The fraction of sp³-hybridized carbons (Fsp3) is 0.750. The summed E-state index contributed by atoms with van der Waals surface area (Å²) >= 11 is 0. The second-order valence-electron chi connectivity index (χ2n) is 17.3. The van der Waals surface area contributed by atoms with Gasteiger partial charge in [0.2, 0.25) is 0 Å². The Labute approximate surface area is 368 Å². The fourth-order valence-electron chi connectivity index (χ4n) is 6.94. The van der Waals surface area contributed by atoms with Crippen LogP contribution in [0, 0.1) is 0 Å². The maximum atomic E-state index is 12.8. The smallest absolute Gasteiger partial charge is 0.362 e. The van der Waals surface area contributed by atoms with E-state index in [1.54, 1.807) is 0 Å². The Morgan fingerprint density at radius 3 is 1.38 bits per heavy atom. The number of likely N-dealkylation sites (N-methyl/N-ethyl adjacent to an activating group) is 1. The molecule has 0 spiro atoms. The molecule has 0 rings (SSSR count). The molecule has 1 N–H and O–H groups in total. The summed E-state index contributed by atoms with van der Waals surface area (Å²) in [6.07, 6.45) is 52.6. The molecule has 2 unspecified atom stereocenters. The van der Waals surface area contributed by atoms with Crippen LogP contribution < -0.4 is 0 Å².